The van der Waals surface area contributed by atoms with Gasteiger partial charge in [-0.1, -0.05) is 6.07 Å². The molecule has 0 bridgehead atoms. The largest absolute Gasteiger partial charge is 0.324 e. The molecular formula is C19H21FN4O4S. The van der Waals surface area contributed by atoms with Crippen LogP contribution in [0.1, 0.15) is 23.3 Å². The summed E-state index contributed by atoms with van der Waals surface area (Å²) in [5, 5.41) is 5.22. The van der Waals surface area contributed by atoms with E-state index in [1.54, 1.807) is 12.1 Å². The van der Waals surface area contributed by atoms with Gasteiger partial charge in [0.25, 0.3) is 5.91 Å². The van der Waals surface area contributed by atoms with Crippen LogP contribution in [-0.4, -0.2) is 48.9 Å². The van der Waals surface area contributed by atoms with Crippen LogP contribution < -0.4 is 10.6 Å². The SMILES string of the molecule is CS(=O)(=O)N1CCCC(C(=O)Nc2cc(F)ccc2NC(=O)c2ccccn2)C1. The minimum atomic E-state index is -3.40. The van der Waals surface area contributed by atoms with Crippen LogP contribution in [0.25, 0.3) is 0 Å². The Morgan fingerprint density at radius 3 is 2.66 bits per heavy atom. The Hall–Kier alpha value is -2.85. The first-order chi connectivity index (χ1) is 13.7. The zero-order valence-corrected chi connectivity index (χ0v) is 16.6. The second-order valence-corrected chi connectivity index (χ2v) is 8.79. The molecule has 2 amide bonds. The summed E-state index contributed by atoms with van der Waals surface area (Å²) in [5.41, 5.74) is 0.479. The molecule has 1 atom stereocenters. The fraction of sp³-hybridized carbons (Fsp3) is 0.316. The number of halogens is 1. The highest BCUT2D eigenvalue weighted by Crippen LogP contribution is 2.26. The summed E-state index contributed by atoms with van der Waals surface area (Å²) in [5.74, 6) is -2.09. The molecule has 1 unspecified atom stereocenters. The molecular weight excluding hydrogens is 399 g/mol. The van der Waals surface area contributed by atoms with Crippen LogP contribution in [0.5, 0.6) is 0 Å². The van der Waals surface area contributed by atoms with Crippen LogP contribution in [0.4, 0.5) is 15.8 Å². The third-order valence-corrected chi connectivity index (χ3v) is 5.88. The number of benzene rings is 1. The van der Waals surface area contributed by atoms with Gasteiger partial charge in [0, 0.05) is 19.3 Å². The van der Waals surface area contributed by atoms with Crippen molar-refractivity contribution in [3.05, 3.63) is 54.1 Å². The Labute approximate surface area is 168 Å². The van der Waals surface area contributed by atoms with Crippen molar-refractivity contribution < 1.29 is 22.4 Å². The Kier molecular flexibility index (Phi) is 6.23. The summed E-state index contributed by atoms with van der Waals surface area (Å²) in [7, 11) is -3.40. The van der Waals surface area contributed by atoms with E-state index in [0.717, 1.165) is 18.4 Å². The molecule has 1 aromatic heterocycles. The molecule has 0 radical (unpaired) electrons. The van der Waals surface area contributed by atoms with E-state index >= 15 is 0 Å². The second-order valence-electron chi connectivity index (χ2n) is 6.81. The van der Waals surface area contributed by atoms with Gasteiger partial charge in [0.1, 0.15) is 11.5 Å². The number of aromatic nitrogens is 1. The topological polar surface area (TPSA) is 108 Å². The van der Waals surface area contributed by atoms with E-state index in [4.69, 9.17) is 0 Å². The monoisotopic (exact) mass is 420 g/mol. The molecule has 1 aromatic carbocycles. The van der Waals surface area contributed by atoms with Gasteiger partial charge in [0.05, 0.1) is 23.5 Å². The van der Waals surface area contributed by atoms with E-state index < -0.39 is 33.6 Å². The number of amides is 2. The highest BCUT2D eigenvalue weighted by molar-refractivity contribution is 7.88. The van der Waals surface area contributed by atoms with Crippen molar-refractivity contribution in [1.29, 1.82) is 0 Å². The maximum absolute atomic E-state index is 13.8. The Bertz CT molecular complexity index is 1010. The zero-order chi connectivity index (χ0) is 21.0. The molecule has 154 valence electrons. The van der Waals surface area contributed by atoms with Crippen LogP contribution in [0.3, 0.4) is 0 Å². The van der Waals surface area contributed by atoms with E-state index in [1.165, 1.54) is 22.6 Å². The standard InChI is InChI=1S/C19H21FN4O4S/c1-29(27,28)24-10-4-5-13(12-24)18(25)23-17-11-14(20)7-8-15(17)22-19(26)16-6-2-3-9-21-16/h2-3,6-9,11,13H,4-5,10,12H2,1H3,(H,22,26)(H,23,25). The van der Waals surface area contributed by atoms with E-state index in [-0.39, 0.29) is 23.6 Å². The van der Waals surface area contributed by atoms with E-state index in [2.05, 4.69) is 15.6 Å². The van der Waals surface area contributed by atoms with Gasteiger partial charge in [-0.25, -0.2) is 17.1 Å². The van der Waals surface area contributed by atoms with Crippen LogP contribution in [-0.2, 0) is 14.8 Å². The zero-order valence-electron chi connectivity index (χ0n) is 15.8. The van der Waals surface area contributed by atoms with Gasteiger partial charge < -0.3 is 10.6 Å². The van der Waals surface area contributed by atoms with Gasteiger partial charge >= 0.3 is 0 Å². The van der Waals surface area contributed by atoms with Gasteiger partial charge in [-0.3, -0.25) is 14.6 Å². The number of anilines is 2. The van der Waals surface area contributed by atoms with Crippen molar-refractivity contribution in [2.75, 3.05) is 30.0 Å². The van der Waals surface area contributed by atoms with Crippen LogP contribution in [0.15, 0.2) is 42.6 Å². The molecule has 1 fully saturated rings. The van der Waals surface area contributed by atoms with Crippen LogP contribution in [0, 0.1) is 11.7 Å². The molecule has 1 aliphatic heterocycles. The lowest BCUT2D eigenvalue weighted by Crippen LogP contribution is -2.43. The maximum atomic E-state index is 13.8. The number of hydrogen-bond acceptors (Lipinski definition) is 5. The van der Waals surface area contributed by atoms with Gasteiger partial charge in [0.15, 0.2) is 0 Å². The first-order valence-electron chi connectivity index (χ1n) is 9.02. The summed E-state index contributed by atoms with van der Waals surface area (Å²) in [6, 6.07) is 8.46. The van der Waals surface area contributed by atoms with Crippen molar-refractivity contribution in [3.8, 4) is 0 Å². The normalized spacial score (nSPS) is 17.5. The molecule has 0 aliphatic carbocycles. The quantitative estimate of drug-likeness (QED) is 0.770. The number of hydrogen-bond donors (Lipinski definition) is 2. The molecule has 2 aromatic rings. The summed E-state index contributed by atoms with van der Waals surface area (Å²) >= 11 is 0. The van der Waals surface area contributed by atoms with Gasteiger partial charge in [-0.2, -0.15) is 0 Å². The molecule has 8 nitrogen and oxygen atoms in total. The van der Waals surface area contributed by atoms with E-state index in [1.807, 2.05) is 0 Å². The number of rotatable bonds is 5. The molecule has 29 heavy (non-hydrogen) atoms. The smallest absolute Gasteiger partial charge is 0.274 e. The summed E-state index contributed by atoms with van der Waals surface area (Å²) in [6.45, 7) is 0.434. The first-order valence-corrected chi connectivity index (χ1v) is 10.9. The number of nitrogens with one attached hydrogen (secondary N) is 2. The lowest BCUT2D eigenvalue weighted by atomic mass is 9.98. The van der Waals surface area contributed by atoms with Gasteiger partial charge in [-0.15, -0.1) is 0 Å². The molecule has 3 rings (SSSR count). The minimum Gasteiger partial charge on any atom is -0.324 e. The predicted molar refractivity (Wildman–Crippen MR) is 106 cm³/mol. The summed E-state index contributed by atoms with van der Waals surface area (Å²) in [4.78, 5) is 29.0. The Morgan fingerprint density at radius 2 is 1.97 bits per heavy atom. The van der Waals surface area contributed by atoms with Gasteiger partial charge in [0.2, 0.25) is 15.9 Å². The highest BCUT2D eigenvalue weighted by atomic mass is 32.2. The molecule has 0 spiro atoms. The third kappa shape index (κ3) is 5.36. The first kappa shape index (κ1) is 20.9. The van der Waals surface area contributed by atoms with Crippen molar-refractivity contribution in [2.45, 2.75) is 12.8 Å². The predicted octanol–water partition coefficient (Wildman–Crippen LogP) is 2.08. The second kappa shape index (κ2) is 8.66. The van der Waals surface area contributed by atoms with Crippen molar-refractivity contribution in [2.24, 2.45) is 5.92 Å². The molecule has 0 saturated carbocycles. The molecule has 1 saturated heterocycles. The van der Waals surface area contributed by atoms with Crippen molar-refractivity contribution in [3.63, 3.8) is 0 Å². The maximum Gasteiger partial charge on any atom is 0.274 e. The number of nitrogens with zero attached hydrogens (tertiary/aromatic N) is 2. The molecule has 2 N–H and O–H groups in total. The number of piperidine rings is 1. The number of pyridine rings is 1. The lowest BCUT2D eigenvalue weighted by Gasteiger charge is -2.30. The average Bonchev–Trinajstić information content (AvgIpc) is 2.70. The fourth-order valence-corrected chi connectivity index (χ4v) is 4.02. The number of carbonyl (C=O) groups excluding carboxylic acids is 2. The molecule has 2 heterocycles. The Morgan fingerprint density at radius 1 is 1.17 bits per heavy atom. The summed E-state index contributed by atoms with van der Waals surface area (Å²) < 4.78 is 38.5. The van der Waals surface area contributed by atoms with Crippen molar-refractivity contribution in [1.82, 2.24) is 9.29 Å². The molecule has 1 aliphatic rings. The van der Waals surface area contributed by atoms with E-state index in [9.17, 15) is 22.4 Å². The van der Waals surface area contributed by atoms with Crippen molar-refractivity contribution >= 4 is 33.2 Å². The van der Waals surface area contributed by atoms with E-state index in [0.29, 0.717) is 19.4 Å². The number of carbonyl (C=O) groups is 2. The van der Waals surface area contributed by atoms with Gasteiger partial charge in [-0.05, 0) is 43.2 Å². The Balaban J connectivity index is 1.75. The molecule has 10 heteroatoms. The lowest BCUT2D eigenvalue weighted by molar-refractivity contribution is -0.120. The van der Waals surface area contributed by atoms with Crippen LogP contribution >= 0.6 is 0 Å². The summed E-state index contributed by atoms with van der Waals surface area (Å²) in [6.07, 6.45) is 3.64. The minimum absolute atomic E-state index is 0.0651. The third-order valence-electron chi connectivity index (χ3n) is 4.61. The average molecular weight is 420 g/mol. The van der Waals surface area contributed by atoms with Crippen LogP contribution in [0.2, 0.25) is 0 Å². The highest BCUT2D eigenvalue weighted by Gasteiger charge is 2.30. The fourth-order valence-electron chi connectivity index (χ4n) is 3.10. The number of sulfonamides is 1.